The smallest absolute Gasteiger partial charge is 0.326 e. The summed E-state index contributed by atoms with van der Waals surface area (Å²) < 4.78 is 19.3. The van der Waals surface area contributed by atoms with Crippen LogP contribution in [0.25, 0.3) is 0 Å². The van der Waals surface area contributed by atoms with Crippen LogP contribution in [0.1, 0.15) is 41.6 Å². The summed E-state index contributed by atoms with van der Waals surface area (Å²) in [7, 11) is 0. The van der Waals surface area contributed by atoms with Gasteiger partial charge in [0.1, 0.15) is 11.9 Å². The van der Waals surface area contributed by atoms with Crippen molar-refractivity contribution in [2.24, 2.45) is 5.92 Å². The molecule has 0 bridgehead atoms. The third-order valence-electron chi connectivity index (χ3n) is 4.40. The summed E-state index contributed by atoms with van der Waals surface area (Å²) in [5.41, 5.74) is 0.646. The van der Waals surface area contributed by atoms with E-state index in [-0.39, 0.29) is 12.5 Å². The van der Waals surface area contributed by atoms with E-state index in [0.717, 1.165) is 12.8 Å². The van der Waals surface area contributed by atoms with Crippen molar-refractivity contribution in [2.45, 2.75) is 38.3 Å². The van der Waals surface area contributed by atoms with Gasteiger partial charge in [0.2, 0.25) is 0 Å². The molecule has 2 aliphatic rings. The normalized spacial score (nSPS) is 20.7. The molecule has 0 radical (unpaired) electrons. The molecule has 1 amide bonds. The average Bonchev–Trinajstić information content (AvgIpc) is 3.21. The molecule has 1 N–H and O–H groups in total. The van der Waals surface area contributed by atoms with Gasteiger partial charge in [-0.3, -0.25) is 4.79 Å². The number of halogens is 1. The van der Waals surface area contributed by atoms with E-state index in [1.165, 1.54) is 23.1 Å². The zero-order chi connectivity index (χ0) is 16.4. The topological polar surface area (TPSA) is 66.8 Å². The van der Waals surface area contributed by atoms with Crippen LogP contribution in [0.3, 0.4) is 0 Å². The second-order valence-corrected chi connectivity index (χ2v) is 6.26. The van der Waals surface area contributed by atoms with Gasteiger partial charge in [-0.1, -0.05) is 0 Å². The Morgan fingerprint density at radius 1 is 1.30 bits per heavy atom. The molecule has 0 unspecified atom stereocenters. The highest BCUT2D eigenvalue weighted by Gasteiger charge is 2.34. The maximum atomic E-state index is 13.9. The third kappa shape index (κ3) is 3.69. The van der Waals surface area contributed by atoms with Crippen LogP contribution in [-0.2, 0) is 16.1 Å². The Kier molecular flexibility index (Phi) is 4.61. The Bertz CT molecular complexity index is 615. The molecule has 1 aromatic carbocycles. The van der Waals surface area contributed by atoms with Gasteiger partial charge in [0.25, 0.3) is 5.91 Å². The van der Waals surface area contributed by atoms with Gasteiger partial charge in [-0.05, 0) is 49.8 Å². The number of rotatable bonds is 6. The molecule has 1 aliphatic carbocycles. The van der Waals surface area contributed by atoms with E-state index in [2.05, 4.69) is 0 Å². The van der Waals surface area contributed by atoms with Crippen molar-refractivity contribution < 1.29 is 23.8 Å². The van der Waals surface area contributed by atoms with Gasteiger partial charge in [0.15, 0.2) is 0 Å². The highest BCUT2D eigenvalue weighted by Crippen LogP contribution is 2.29. The van der Waals surface area contributed by atoms with Gasteiger partial charge in [0, 0.05) is 24.3 Å². The number of likely N-dealkylation sites (tertiary alicyclic amines) is 1. The predicted molar refractivity (Wildman–Crippen MR) is 80.5 cm³/mol. The number of carbonyl (C=O) groups is 2. The maximum Gasteiger partial charge on any atom is 0.326 e. The fourth-order valence-corrected chi connectivity index (χ4v) is 2.87. The van der Waals surface area contributed by atoms with Gasteiger partial charge in [-0.25, -0.2) is 9.18 Å². The van der Waals surface area contributed by atoms with Crippen LogP contribution in [0.4, 0.5) is 4.39 Å². The van der Waals surface area contributed by atoms with Crippen LogP contribution < -0.4 is 0 Å². The fourth-order valence-electron chi connectivity index (χ4n) is 2.87. The standard InChI is InChI=1S/C17H20FNO4/c18-14-6-5-12(8-13(14)10-23-9-11-3-4-11)16(20)19-7-1-2-15(19)17(21)22/h5-6,8,11,15H,1-4,7,9-10H2,(H,21,22)/t15-/m1/s1. The first kappa shape index (κ1) is 15.9. The van der Waals surface area contributed by atoms with E-state index >= 15 is 0 Å². The fraction of sp³-hybridized carbons (Fsp3) is 0.529. The second-order valence-electron chi connectivity index (χ2n) is 6.26. The molecule has 1 atom stereocenters. The molecule has 1 heterocycles. The van der Waals surface area contributed by atoms with Crippen molar-refractivity contribution in [2.75, 3.05) is 13.2 Å². The first-order valence-corrected chi connectivity index (χ1v) is 7.96. The Morgan fingerprint density at radius 3 is 2.78 bits per heavy atom. The second kappa shape index (κ2) is 6.66. The number of ether oxygens (including phenoxy) is 1. The Hall–Kier alpha value is -1.95. The number of carboxylic acid groups (broad SMARTS) is 1. The summed E-state index contributed by atoms with van der Waals surface area (Å²) in [6.45, 7) is 1.16. The van der Waals surface area contributed by atoms with Crippen LogP contribution in [-0.4, -0.2) is 41.1 Å². The first-order chi connectivity index (χ1) is 11.1. The number of nitrogens with zero attached hydrogens (tertiary/aromatic N) is 1. The SMILES string of the molecule is O=C(O)[C@H]1CCCN1C(=O)c1ccc(F)c(COCC2CC2)c1. The lowest BCUT2D eigenvalue weighted by molar-refractivity contribution is -0.141. The van der Waals surface area contributed by atoms with E-state index in [1.54, 1.807) is 0 Å². The summed E-state index contributed by atoms with van der Waals surface area (Å²) >= 11 is 0. The quantitative estimate of drug-likeness (QED) is 0.874. The minimum atomic E-state index is -0.994. The molecule has 0 spiro atoms. The molecule has 1 saturated heterocycles. The average molecular weight is 321 g/mol. The predicted octanol–water partition coefficient (Wildman–Crippen LogP) is 2.44. The van der Waals surface area contributed by atoms with E-state index < -0.39 is 17.8 Å². The number of hydrogen-bond donors (Lipinski definition) is 1. The number of carbonyl (C=O) groups excluding carboxylic acids is 1. The summed E-state index contributed by atoms with van der Waals surface area (Å²) in [5.74, 6) is -1.18. The van der Waals surface area contributed by atoms with Crippen molar-refractivity contribution >= 4 is 11.9 Å². The van der Waals surface area contributed by atoms with Crippen molar-refractivity contribution in [3.05, 3.63) is 35.1 Å². The summed E-state index contributed by atoms with van der Waals surface area (Å²) in [6, 6.07) is 3.33. The van der Waals surface area contributed by atoms with Crippen LogP contribution in [0.5, 0.6) is 0 Å². The Morgan fingerprint density at radius 2 is 2.09 bits per heavy atom. The minimum Gasteiger partial charge on any atom is -0.480 e. The molecule has 124 valence electrons. The molecule has 1 aliphatic heterocycles. The summed E-state index contributed by atoms with van der Waals surface area (Å²) in [4.78, 5) is 25.1. The van der Waals surface area contributed by atoms with Gasteiger partial charge >= 0.3 is 5.97 Å². The van der Waals surface area contributed by atoms with Crippen molar-refractivity contribution in [3.8, 4) is 0 Å². The molecular weight excluding hydrogens is 301 g/mol. The highest BCUT2D eigenvalue weighted by atomic mass is 19.1. The number of aliphatic carboxylic acids is 1. The van der Waals surface area contributed by atoms with Gasteiger partial charge in [-0.2, -0.15) is 0 Å². The van der Waals surface area contributed by atoms with Gasteiger partial charge in [-0.15, -0.1) is 0 Å². The lowest BCUT2D eigenvalue weighted by Gasteiger charge is -2.21. The molecular formula is C17H20FNO4. The molecule has 23 heavy (non-hydrogen) atoms. The molecule has 1 saturated carbocycles. The Balaban J connectivity index is 1.70. The molecule has 6 heteroatoms. The number of hydrogen-bond acceptors (Lipinski definition) is 3. The van der Waals surface area contributed by atoms with Crippen LogP contribution >= 0.6 is 0 Å². The van der Waals surface area contributed by atoms with Gasteiger partial charge in [0.05, 0.1) is 6.61 Å². The third-order valence-corrected chi connectivity index (χ3v) is 4.40. The largest absolute Gasteiger partial charge is 0.480 e. The maximum absolute atomic E-state index is 13.9. The summed E-state index contributed by atoms with van der Waals surface area (Å²) in [5, 5.41) is 9.18. The highest BCUT2D eigenvalue weighted by molar-refractivity contribution is 5.97. The van der Waals surface area contributed by atoms with Crippen LogP contribution in [0.2, 0.25) is 0 Å². The molecule has 5 nitrogen and oxygen atoms in total. The molecule has 2 fully saturated rings. The van der Waals surface area contributed by atoms with E-state index in [1.807, 2.05) is 0 Å². The first-order valence-electron chi connectivity index (χ1n) is 7.96. The van der Waals surface area contributed by atoms with Crippen molar-refractivity contribution in [1.29, 1.82) is 0 Å². The molecule has 0 aromatic heterocycles. The number of benzene rings is 1. The zero-order valence-corrected chi connectivity index (χ0v) is 12.8. The number of carboxylic acids is 1. The monoisotopic (exact) mass is 321 g/mol. The number of amides is 1. The lowest BCUT2D eigenvalue weighted by Crippen LogP contribution is -2.40. The Labute approximate surface area is 134 Å². The van der Waals surface area contributed by atoms with E-state index in [0.29, 0.717) is 43.0 Å². The van der Waals surface area contributed by atoms with Crippen LogP contribution in [0, 0.1) is 11.7 Å². The zero-order valence-electron chi connectivity index (χ0n) is 12.8. The van der Waals surface area contributed by atoms with Gasteiger partial charge < -0.3 is 14.7 Å². The van der Waals surface area contributed by atoms with E-state index in [9.17, 15) is 19.1 Å². The van der Waals surface area contributed by atoms with Crippen LogP contribution in [0.15, 0.2) is 18.2 Å². The summed E-state index contributed by atoms with van der Waals surface area (Å²) in [6.07, 6.45) is 3.44. The molecule has 3 rings (SSSR count). The van der Waals surface area contributed by atoms with Crippen molar-refractivity contribution in [3.63, 3.8) is 0 Å². The molecule has 1 aromatic rings. The van der Waals surface area contributed by atoms with E-state index in [4.69, 9.17) is 4.74 Å². The minimum absolute atomic E-state index is 0.131. The van der Waals surface area contributed by atoms with Crippen molar-refractivity contribution in [1.82, 2.24) is 4.90 Å². The lowest BCUT2D eigenvalue weighted by atomic mass is 10.1.